The van der Waals surface area contributed by atoms with Crippen molar-refractivity contribution in [1.82, 2.24) is 15.0 Å². The summed E-state index contributed by atoms with van der Waals surface area (Å²) in [5, 5.41) is 0. The first-order valence-electron chi connectivity index (χ1n) is 14.4. The molecular weight excluding hydrogens is 610 g/mol. The van der Waals surface area contributed by atoms with Gasteiger partial charge in [0.15, 0.2) is 17.5 Å². The molecule has 0 unspecified atom stereocenters. The Bertz CT molecular complexity index is 1340. The minimum Gasteiger partial charge on any atom is -0.208 e. The Labute approximate surface area is 251 Å². The van der Waals surface area contributed by atoms with Crippen molar-refractivity contribution in [2.75, 3.05) is 0 Å². The molecule has 39 heavy (non-hydrogen) atoms. The average Bonchev–Trinajstić information content (AvgIpc) is 2.95. The summed E-state index contributed by atoms with van der Waals surface area (Å²) >= 11 is 7.18. The van der Waals surface area contributed by atoms with Gasteiger partial charge in [-0.3, -0.25) is 0 Å². The molecule has 0 saturated heterocycles. The molecule has 0 N–H and O–H groups in total. The molecule has 4 aromatic rings. The number of benzene rings is 3. The molecule has 0 spiro atoms. The standard InChI is InChI=1S/C34H39Br2N3/c1-4-6-8-10-12-25-21-26(13-11-9-7-5-2)23-29(22-25)34-38-32(27-14-17-30(35)18-15-27)37-33(39-34)28-16-19-31(36)24(3)20-28/h14-23H,4-13H2,1-3H3. The highest BCUT2D eigenvalue weighted by Crippen LogP contribution is 2.29. The van der Waals surface area contributed by atoms with Gasteiger partial charge in [0.05, 0.1) is 0 Å². The van der Waals surface area contributed by atoms with E-state index in [0.717, 1.165) is 49.9 Å². The van der Waals surface area contributed by atoms with Crippen molar-refractivity contribution < 1.29 is 0 Å². The lowest BCUT2D eigenvalue weighted by Crippen LogP contribution is -2.02. The van der Waals surface area contributed by atoms with Crippen molar-refractivity contribution in [1.29, 1.82) is 0 Å². The Morgan fingerprint density at radius 1 is 0.538 bits per heavy atom. The maximum atomic E-state index is 5.04. The van der Waals surface area contributed by atoms with Crippen LogP contribution in [-0.2, 0) is 12.8 Å². The number of hydrogen-bond acceptors (Lipinski definition) is 3. The van der Waals surface area contributed by atoms with Gasteiger partial charge in [0.2, 0.25) is 0 Å². The van der Waals surface area contributed by atoms with E-state index in [0.29, 0.717) is 11.6 Å². The summed E-state index contributed by atoms with van der Waals surface area (Å²) in [6.45, 7) is 6.63. The van der Waals surface area contributed by atoms with E-state index in [9.17, 15) is 0 Å². The molecule has 0 fully saturated rings. The molecule has 204 valence electrons. The van der Waals surface area contributed by atoms with Crippen LogP contribution in [-0.4, -0.2) is 15.0 Å². The van der Waals surface area contributed by atoms with Crippen LogP contribution in [0.15, 0.2) is 69.6 Å². The molecule has 0 bridgehead atoms. The lowest BCUT2D eigenvalue weighted by Gasteiger charge is -2.12. The summed E-state index contributed by atoms with van der Waals surface area (Å²) in [6, 6.07) is 21.5. The molecule has 3 nitrogen and oxygen atoms in total. The second-order valence-corrected chi connectivity index (χ2v) is 12.2. The average molecular weight is 650 g/mol. The highest BCUT2D eigenvalue weighted by atomic mass is 79.9. The van der Waals surface area contributed by atoms with Crippen molar-refractivity contribution in [3.63, 3.8) is 0 Å². The van der Waals surface area contributed by atoms with E-state index in [2.05, 4.69) is 101 Å². The molecule has 0 atom stereocenters. The predicted octanol–water partition coefficient (Wildman–Crippen LogP) is 11.0. The molecule has 0 aliphatic heterocycles. The third kappa shape index (κ3) is 8.56. The normalized spacial score (nSPS) is 11.2. The van der Waals surface area contributed by atoms with Gasteiger partial charge in [0.25, 0.3) is 0 Å². The summed E-state index contributed by atoms with van der Waals surface area (Å²) in [5.74, 6) is 2.14. The summed E-state index contributed by atoms with van der Waals surface area (Å²) in [4.78, 5) is 15.0. The minimum absolute atomic E-state index is 0.695. The number of aromatic nitrogens is 3. The fraction of sp³-hybridized carbons (Fsp3) is 0.382. The van der Waals surface area contributed by atoms with Crippen LogP contribution < -0.4 is 0 Å². The van der Waals surface area contributed by atoms with Gasteiger partial charge in [-0.1, -0.05) is 108 Å². The molecule has 4 rings (SSSR count). The van der Waals surface area contributed by atoms with Crippen molar-refractivity contribution in [3.8, 4) is 34.2 Å². The van der Waals surface area contributed by atoms with Crippen LogP contribution in [0.3, 0.4) is 0 Å². The van der Waals surface area contributed by atoms with Crippen LogP contribution in [0.4, 0.5) is 0 Å². The van der Waals surface area contributed by atoms with Crippen molar-refractivity contribution >= 4 is 31.9 Å². The molecule has 1 heterocycles. The van der Waals surface area contributed by atoms with Crippen LogP contribution in [0.2, 0.25) is 0 Å². The molecule has 0 saturated carbocycles. The third-order valence-electron chi connectivity index (χ3n) is 7.10. The van der Waals surface area contributed by atoms with E-state index in [4.69, 9.17) is 15.0 Å². The monoisotopic (exact) mass is 647 g/mol. The van der Waals surface area contributed by atoms with Crippen LogP contribution in [0.1, 0.15) is 81.9 Å². The SMILES string of the molecule is CCCCCCc1cc(CCCCCC)cc(-c2nc(-c3ccc(Br)cc3)nc(-c3ccc(Br)c(C)c3)n2)c1. The Hall–Kier alpha value is -2.37. The Morgan fingerprint density at radius 3 is 1.59 bits per heavy atom. The van der Waals surface area contributed by atoms with E-state index in [1.54, 1.807) is 0 Å². The number of nitrogens with zero attached hydrogens (tertiary/aromatic N) is 3. The summed E-state index contributed by atoms with van der Waals surface area (Å²) in [7, 11) is 0. The van der Waals surface area contributed by atoms with Gasteiger partial charge in [-0.2, -0.15) is 0 Å². The number of unbranched alkanes of at least 4 members (excludes halogenated alkanes) is 6. The number of aryl methyl sites for hydroxylation is 3. The first-order chi connectivity index (χ1) is 19.0. The molecule has 1 aromatic heterocycles. The third-order valence-corrected chi connectivity index (χ3v) is 8.52. The second-order valence-electron chi connectivity index (χ2n) is 10.4. The quantitative estimate of drug-likeness (QED) is 0.135. The maximum Gasteiger partial charge on any atom is 0.164 e. The van der Waals surface area contributed by atoms with Gasteiger partial charge in [0, 0.05) is 25.6 Å². The maximum absolute atomic E-state index is 5.04. The minimum atomic E-state index is 0.695. The molecule has 0 aliphatic rings. The van der Waals surface area contributed by atoms with Crippen molar-refractivity contribution in [3.05, 3.63) is 86.3 Å². The number of halogens is 2. The second kappa shape index (κ2) is 14.9. The van der Waals surface area contributed by atoms with Gasteiger partial charge in [-0.15, -0.1) is 0 Å². The van der Waals surface area contributed by atoms with E-state index >= 15 is 0 Å². The number of hydrogen-bond donors (Lipinski definition) is 0. The largest absolute Gasteiger partial charge is 0.208 e. The lowest BCUT2D eigenvalue weighted by molar-refractivity contribution is 0.661. The molecule has 0 amide bonds. The fourth-order valence-electron chi connectivity index (χ4n) is 4.84. The molecule has 5 heteroatoms. The topological polar surface area (TPSA) is 38.7 Å². The van der Waals surface area contributed by atoms with Crippen LogP contribution >= 0.6 is 31.9 Å². The molecule has 3 aromatic carbocycles. The predicted molar refractivity (Wildman–Crippen MR) is 172 cm³/mol. The Kier molecular flexibility index (Phi) is 11.3. The molecule has 0 radical (unpaired) electrons. The van der Waals surface area contributed by atoms with Crippen LogP contribution in [0.25, 0.3) is 34.2 Å². The summed E-state index contributed by atoms with van der Waals surface area (Å²) in [5.41, 5.74) is 6.99. The zero-order valence-corrected chi connectivity index (χ0v) is 26.6. The van der Waals surface area contributed by atoms with Gasteiger partial charge >= 0.3 is 0 Å². The lowest BCUT2D eigenvalue weighted by atomic mass is 9.97. The van der Waals surface area contributed by atoms with Gasteiger partial charge < -0.3 is 0 Å². The highest BCUT2D eigenvalue weighted by molar-refractivity contribution is 9.10. The van der Waals surface area contributed by atoms with Crippen molar-refractivity contribution in [2.24, 2.45) is 0 Å². The zero-order chi connectivity index (χ0) is 27.6. The molecule has 0 aliphatic carbocycles. The van der Waals surface area contributed by atoms with Crippen molar-refractivity contribution in [2.45, 2.75) is 85.0 Å². The van der Waals surface area contributed by atoms with Gasteiger partial charge in [-0.25, -0.2) is 15.0 Å². The van der Waals surface area contributed by atoms with Gasteiger partial charge in [-0.05, 0) is 85.7 Å². The fourth-order valence-corrected chi connectivity index (χ4v) is 5.35. The summed E-state index contributed by atoms with van der Waals surface area (Å²) in [6.07, 6.45) is 12.3. The van der Waals surface area contributed by atoms with Crippen LogP contribution in [0.5, 0.6) is 0 Å². The number of rotatable bonds is 13. The van der Waals surface area contributed by atoms with E-state index in [-0.39, 0.29) is 0 Å². The first-order valence-corrected chi connectivity index (χ1v) is 16.0. The summed E-state index contributed by atoms with van der Waals surface area (Å²) < 4.78 is 2.12. The zero-order valence-electron chi connectivity index (χ0n) is 23.4. The smallest absolute Gasteiger partial charge is 0.164 e. The van der Waals surface area contributed by atoms with E-state index in [1.807, 2.05) is 12.1 Å². The van der Waals surface area contributed by atoms with Gasteiger partial charge in [0.1, 0.15) is 0 Å². The first kappa shape index (κ1) is 29.6. The van der Waals surface area contributed by atoms with Crippen LogP contribution in [0, 0.1) is 6.92 Å². The Morgan fingerprint density at radius 2 is 1.05 bits per heavy atom. The highest BCUT2D eigenvalue weighted by Gasteiger charge is 2.14. The Balaban J connectivity index is 1.78. The van der Waals surface area contributed by atoms with E-state index < -0.39 is 0 Å². The van der Waals surface area contributed by atoms with E-state index in [1.165, 1.54) is 62.5 Å². The molecular formula is C34H39Br2N3.